The molecule has 1 aromatic heterocycles. The van der Waals surface area contributed by atoms with Crippen molar-refractivity contribution in [2.45, 2.75) is 13.3 Å². The van der Waals surface area contributed by atoms with E-state index in [-0.39, 0.29) is 0 Å². The third kappa shape index (κ3) is 2.11. The minimum atomic E-state index is 0.511. The standard InChI is InChI=1S/C7H12ClN3O/c1-3-11(2)7-10-9-6(12-7)4-5-8/h3-5H2,1-2H3. The number of halogens is 1. The van der Waals surface area contributed by atoms with Crippen LogP contribution in [0.5, 0.6) is 0 Å². The number of hydrogen-bond acceptors (Lipinski definition) is 4. The molecule has 0 bridgehead atoms. The van der Waals surface area contributed by atoms with E-state index in [0.29, 0.717) is 24.2 Å². The SMILES string of the molecule is CCN(C)c1nnc(CCCl)o1. The van der Waals surface area contributed by atoms with Gasteiger partial charge < -0.3 is 9.32 Å². The Balaban J connectivity index is 2.63. The van der Waals surface area contributed by atoms with Gasteiger partial charge in [-0.25, -0.2) is 0 Å². The Labute approximate surface area is 76.5 Å². The van der Waals surface area contributed by atoms with Crippen molar-refractivity contribution in [1.82, 2.24) is 10.2 Å². The zero-order chi connectivity index (χ0) is 8.97. The van der Waals surface area contributed by atoms with E-state index >= 15 is 0 Å². The van der Waals surface area contributed by atoms with Crippen molar-refractivity contribution in [3.8, 4) is 0 Å². The summed E-state index contributed by atoms with van der Waals surface area (Å²) in [5.74, 6) is 1.11. The molecule has 0 spiro atoms. The molecule has 0 aliphatic heterocycles. The smallest absolute Gasteiger partial charge is 0.317 e. The van der Waals surface area contributed by atoms with E-state index in [4.69, 9.17) is 16.0 Å². The second-order valence-electron chi connectivity index (χ2n) is 2.43. The van der Waals surface area contributed by atoms with Crippen LogP contribution < -0.4 is 4.90 Å². The third-order valence-electron chi connectivity index (χ3n) is 1.57. The van der Waals surface area contributed by atoms with Gasteiger partial charge in [0.05, 0.1) is 0 Å². The lowest BCUT2D eigenvalue weighted by atomic mass is 10.5. The highest BCUT2D eigenvalue weighted by Gasteiger charge is 2.07. The van der Waals surface area contributed by atoms with Crippen LogP contribution in [-0.2, 0) is 6.42 Å². The van der Waals surface area contributed by atoms with Gasteiger partial charge in [0.15, 0.2) is 0 Å². The highest BCUT2D eigenvalue weighted by atomic mass is 35.5. The Bertz CT molecular complexity index is 238. The van der Waals surface area contributed by atoms with Crippen LogP contribution >= 0.6 is 11.6 Å². The number of alkyl halides is 1. The van der Waals surface area contributed by atoms with E-state index in [0.717, 1.165) is 6.54 Å². The summed E-state index contributed by atoms with van der Waals surface area (Å²) < 4.78 is 5.30. The predicted octanol–water partition coefficient (Wildman–Crippen LogP) is 1.31. The van der Waals surface area contributed by atoms with Crippen molar-refractivity contribution < 1.29 is 4.42 Å². The fourth-order valence-corrected chi connectivity index (χ4v) is 0.878. The second-order valence-corrected chi connectivity index (χ2v) is 2.81. The van der Waals surface area contributed by atoms with Crippen molar-refractivity contribution in [2.24, 2.45) is 0 Å². The van der Waals surface area contributed by atoms with Crippen molar-refractivity contribution in [2.75, 3.05) is 24.4 Å². The molecule has 0 saturated carbocycles. The van der Waals surface area contributed by atoms with Gasteiger partial charge in [0.1, 0.15) is 0 Å². The molecule has 1 heterocycles. The summed E-state index contributed by atoms with van der Waals surface area (Å²) >= 11 is 5.52. The number of rotatable bonds is 4. The topological polar surface area (TPSA) is 42.2 Å². The monoisotopic (exact) mass is 189 g/mol. The first-order valence-electron chi connectivity index (χ1n) is 3.87. The molecule has 0 unspecified atom stereocenters. The summed E-state index contributed by atoms with van der Waals surface area (Å²) in [4.78, 5) is 1.88. The first-order valence-corrected chi connectivity index (χ1v) is 4.40. The number of anilines is 1. The molecule has 0 N–H and O–H groups in total. The first kappa shape index (κ1) is 9.32. The van der Waals surface area contributed by atoms with Gasteiger partial charge in [0.25, 0.3) is 0 Å². The Morgan fingerprint density at radius 2 is 2.25 bits per heavy atom. The lowest BCUT2D eigenvalue weighted by molar-refractivity contribution is 0.497. The summed E-state index contributed by atoms with van der Waals surface area (Å²) in [6.07, 6.45) is 0.631. The average Bonchev–Trinajstić information content (AvgIpc) is 2.52. The van der Waals surface area contributed by atoms with Crippen molar-refractivity contribution in [1.29, 1.82) is 0 Å². The van der Waals surface area contributed by atoms with E-state index in [2.05, 4.69) is 10.2 Å². The van der Waals surface area contributed by atoms with E-state index < -0.39 is 0 Å². The highest BCUT2D eigenvalue weighted by Crippen LogP contribution is 2.10. The van der Waals surface area contributed by atoms with Crippen LogP contribution in [-0.4, -0.2) is 29.7 Å². The molecule has 0 fully saturated rings. The lowest BCUT2D eigenvalue weighted by Crippen LogP contribution is -2.15. The van der Waals surface area contributed by atoms with Crippen LogP contribution in [0, 0.1) is 0 Å². The molecule has 0 amide bonds. The molecular weight excluding hydrogens is 178 g/mol. The minimum absolute atomic E-state index is 0.511. The normalized spacial score (nSPS) is 10.2. The average molecular weight is 190 g/mol. The first-order chi connectivity index (χ1) is 5.77. The van der Waals surface area contributed by atoms with Crippen LogP contribution in [0.4, 0.5) is 6.01 Å². The molecule has 0 aromatic carbocycles. The zero-order valence-corrected chi connectivity index (χ0v) is 8.01. The molecule has 4 nitrogen and oxygen atoms in total. The number of nitrogens with zero attached hydrogens (tertiary/aromatic N) is 3. The van der Waals surface area contributed by atoms with E-state index in [1.165, 1.54) is 0 Å². The summed E-state index contributed by atoms with van der Waals surface area (Å²) in [6, 6.07) is 0.553. The van der Waals surface area contributed by atoms with Crippen LogP contribution in [0.1, 0.15) is 12.8 Å². The Morgan fingerprint density at radius 1 is 1.50 bits per heavy atom. The molecular formula is C7H12ClN3O. The van der Waals surface area contributed by atoms with Crippen molar-refractivity contribution in [3.05, 3.63) is 5.89 Å². The largest absolute Gasteiger partial charge is 0.408 e. The minimum Gasteiger partial charge on any atom is -0.408 e. The molecule has 12 heavy (non-hydrogen) atoms. The van der Waals surface area contributed by atoms with Gasteiger partial charge in [0, 0.05) is 25.9 Å². The molecule has 0 aliphatic carbocycles. The maximum atomic E-state index is 5.52. The number of aryl methyl sites for hydroxylation is 1. The Kier molecular flexibility index (Phi) is 3.34. The van der Waals surface area contributed by atoms with Gasteiger partial charge >= 0.3 is 6.01 Å². The fraction of sp³-hybridized carbons (Fsp3) is 0.714. The Morgan fingerprint density at radius 3 is 2.83 bits per heavy atom. The third-order valence-corrected chi connectivity index (χ3v) is 1.75. The molecule has 1 rings (SSSR count). The maximum absolute atomic E-state index is 5.52. The van der Waals surface area contributed by atoms with Gasteiger partial charge in [-0.3, -0.25) is 0 Å². The van der Waals surface area contributed by atoms with Crippen LogP contribution in [0.15, 0.2) is 4.42 Å². The molecule has 68 valence electrons. The summed E-state index contributed by atoms with van der Waals surface area (Å²) in [6.45, 7) is 2.87. The van der Waals surface area contributed by atoms with Gasteiger partial charge in [-0.15, -0.1) is 16.7 Å². The fourth-order valence-electron chi connectivity index (χ4n) is 0.716. The van der Waals surface area contributed by atoms with Gasteiger partial charge in [0.2, 0.25) is 5.89 Å². The Hall–Kier alpha value is -0.770. The quantitative estimate of drug-likeness (QED) is 0.670. The van der Waals surface area contributed by atoms with Gasteiger partial charge in [-0.05, 0) is 6.92 Å². The van der Waals surface area contributed by atoms with E-state index in [9.17, 15) is 0 Å². The molecule has 5 heteroatoms. The maximum Gasteiger partial charge on any atom is 0.317 e. The number of aromatic nitrogens is 2. The van der Waals surface area contributed by atoms with Crippen LogP contribution in [0.2, 0.25) is 0 Å². The summed E-state index contributed by atoms with van der Waals surface area (Å²) in [5, 5.41) is 7.69. The van der Waals surface area contributed by atoms with E-state index in [1.54, 1.807) is 0 Å². The molecule has 0 saturated heterocycles. The summed E-state index contributed by atoms with van der Waals surface area (Å²) in [5.41, 5.74) is 0. The second kappa shape index (κ2) is 4.30. The zero-order valence-electron chi connectivity index (χ0n) is 7.25. The van der Waals surface area contributed by atoms with Crippen molar-refractivity contribution in [3.63, 3.8) is 0 Å². The van der Waals surface area contributed by atoms with Gasteiger partial charge in [-0.1, -0.05) is 5.10 Å². The lowest BCUT2D eigenvalue weighted by Gasteiger charge is -2.08. The number of hydrogen-bond donors (Lipinski definition) is 0. The van der Waals surface area contributed by atoms with Crippen LogP contribution in [0.25, 0.3) is 0 Å². The molecule has 1 aromatic rings. The predicted molar refractivity (Wildman–Crippen MR) is 47.7 cm³/mol. The molecule has 0 atom stereocenters. The van der Waals surface area contributed by atoms with Crippen LogP contribution in [0.3, 0.4) is 0 Å². The van der Waals surface area contributed by atoms with E-state index in [1.807, 2.05) is 18.9 Å². The molecule has 0 aliphatic rings. The van der Waals surface area contributed by atoms with Gasteiger partial charge in [-0.2, -0.15) is 0 Å². The molecule has 0 radical (unpaired) electrons. The highest BCUT2D eigenvalue weighted by molar-refractivity contribution is 6.17. The summed E-state index contributed by atoms with van der Waals surface area (Å²) in [7, 11) is 1.90. The van der Waals surface area contributed by atoms with Crippen molar-refractivity contribution >= 4 is 17.6 Å².